The highest BCUT2D eigenvalue weighted by molar-refractivity contribution is 8.14. The minimum Gasteiger partial charge on any atom is -0.372 e. The molecule has 0 saturated heterocycles. The molecule has 1 unspecified atom stereocenters. The van der Waals surface area contributed by atoms with E-state index in [9.17, 15) is 4.39 Å². The van der Waals surface area contributed by atoms with E-state index in [1.54, 1.807) is 12.1 Å². The van der Waals surface area contributed by atoms with Crippen molar-refractivity contribution in [3.8, 4) is 0 Å². The molecule has 1 fully saturated rings. The highest BCUT2D eigenvalue weighted by Crippen LogP contribution is 2.37. The minimum atomic E-state index is -0.263. The van der Waals surface area contributed by atoms with Gasteiger partial charge in [-0.1, -0.05) is 72.4 Å². The highest BCUT2D eigenvalue weighted by atomic mass is 32.2. The van der Waals surface area contributed by atoms with Gasteiger partial charge in [-0.2, -0.15) is 0 Å². The molecule has 1 heterocycles. The van der Waals surface area contributed by atoms with Gasteiger partial charge in [-0.3, -0.25) is 4.99 Å². The lowest BCUT2D eigenvalue weighted by Gasteiger charge is -2.20. The number of halogens is 1. The van der Waals surface area contributed by atoms with E-state index in [0.29, 0.717) is 29.7 Å². The lowest BCUT2D eigenvalue weighted by molar-refractivity contribution is 0.140. The standard InChI is InChI=1S/C26H23FN2OS/c27-22-14-13-21(15-24(22)31-25-17-30-16-23(29-25)18-11-12-18)28-26(19-7-3-1-4-8-19)20-9-5-2-6-10-20/h1-10,13-15,18,23H,11-12,16-17H2. The molecule has 2 aliphatic rings. The largest absolute Gasteiger partial charge is 0.372 e. The van der Waals surface area contributed by atoms with Crippen molar-refractivity contribution >= 4 is 28.2 Å². The van der Waals surface area contributed by atoms with Crippen LogP contribution in [0.2, 0.25) is 0 Å². The van der Waals surface area contributed by atoms with Crippen LogP contribution in [0.15, 0.2) is 93.7 Å². The maximum Gasteiger partial charge on any atom is 0.137 e. The summed E-state index contributed by atoms with van der Waals surface area (Å²) in [4.78, 5) is 10.3. The molecule has 1 aliphatic carbocycles. The van der Waals surface area contributed by atoms with E-state index in [2.05, 4.69) is 0 Å². The summed E-state index contributed by atoms with van der Waals surface area (Å²) in [7, 11) is 0. The highest BCUT2D eigenvalue weighted by Gasteiger charge is 2.33. The van der Waals surface area contributed by atoms with Crippen molar-refractivity contribution in [3.05, 3.63) is 95.8 Å². The van der Waals surface area contributed by atoms with Crippen LogP contribution in [0.1, 0.15) is 24.0 Å². The molecule has 1 aliphatic heterocycles. The Bertz CT molecular complexity index is 1070. The van der Waals surface area contributed by atoms with Crippen LogP contribution >= 0.6 is 11.8 Å². The number of rotatable bonds is 5. The predicted molar refractivity (Wildman–Crippen MR) is 125 cm³/mol. The molecule has 156 valence electrons. The van der Waals surface area contributed by atoms with Gasteiger partial charge in [0.25, 0.3) is 0 Å². The summed E-state index contributed by atoms with van der Waals surface area (Å²) in [5, 5.41) is 0.842. The first-order valence-corrected chi connectivity index (χ1v) is 11.4. The molecule has 31 heavy (non-hydrogen) atoms. The van der Waals surface area contributed by atoms with E-state index < -0.39 is 0 Å². The molecular weight excluding hydrogens is 407 g/mol. The summed E-state index contributed by atoms with van der Waals surface area (Å²) in [6.45, 7) is 1.12. The number of benzene rings is 3. The number of hydrogen-bond donors (Lipinski definition) is 0. The molecule has 1 atom stereocenters. The summed E-state index contributed by atoms with van der Waals surface area (Å²) in [5.74, 6) is 0.372. The van der Waals surface area contributed by atoms with Crippen LogP contribution in [0.3, 0.4) is 0 Å². The van der Waals surface area contributed by atoms with E-state index in [-0.39, 0.29) is 11.9 Å². The average Bonchev–Trinajstić information content (AvgIpc) is 3.67. The van der Waals surface area contributed by atoms with Crippen LogP contribution < -0.4 is 0 Å². The smallest absolute Gasteiger partial charge is 0.137 e. The monoisotopic (exact) mass is 430 g/mol. The molecule has 0 N–H and O–H groups in total. The van der Waals surface area contributed by atoms with E-state index in [0.717, 1.165) is 21.9 Å². The van der Waals surface area contributed by atoms with Gasteiger partial charge >= 0.3 is 0 Å². The Balaban J connectivity index is 1.47. The Morgan fingerprint density at radius 3 is 2.26 bits per heavy atom. The quantitative estimate of drug-likeness (QED) is 0.446. The summed E-state index contributed by atoms with van der Waals surface area (Å²) in [6, 6.07) is 25.3. The van der Waals surface area contributed by atoms with Crippen molar-refractivity contribution in [1.82, 2.24) is 0 Å². The minimum absolute atomic E-state index is 0.225. The molecule has 3 nitrogen and oxygen atoms in total. The van der Waals surface area contributed by atoms with Gasteiger partial charge in [0.05, 0.1) is 40.6 Å². The van der Waals surface area contributed by atoms with Gasteiger partial charge in [-0.25, -0.2) is 9.38 Å². The zero-order chi connectivity index (χ0) is 21.0. The lowest BCUT2D eigenvalue weighted by atomic mass is 10.0. The van der Waals surface area contributed by atoms with Crippen LogP contribution in [0.5, 0.6) is 0 Å². The molecule has 5 heteroatoms. The molecule has 5 rings (SSSR count). The Labute approximate surface area is 186 Å². The first-order valence-electron chi connectivity index (χ1n) is 10.6. The van der Waals surface area contributed by atoms with Crippen LogP contribution in [-0.2, 0) is 4.74 Å². The fraction of sp³-hybridized carbons (Fsp3) is 0.231. The second-order valence-electron chi connectivity index (χ2n) is 7.85. The number of nitrogens with zero attached hydrogens (tertiary/aromatic N) is 2. The molecule has 0 bridgehead atoms. The summed E-state index contributed by atoms with van der Waals surface area (Å²) < 4.78 is 20.3. The van der Waals surface area contributed by atoms with Crippen molar-refractivity contribution in [3.63, 3.8) is 0 Å². The predicted octanol–water partition coefficient (Wildman–Crippen LogP) is 6.29. The van der Waals surface area contributed by atoms with Crippen LogP contribution in [0.4, 0.5) is 10.1 Å². The molecule has 3 aromatic carbocycles. The number of thioether (sulfide) groups is 1. The Morgan fingerprint density at radius 1 is 0.935 bits per heavy atom. The van der Waals surface area contributed by atoms with Gasteiger partial charge in [0.1, 0.15) is 5.82 Å². The van der Waals surface area contributed by atoms with Gasteiger partial charge in [0.2, 0.25) is 0 Å². The van der Waals surface area contributed by atoms with Gasteiger partial charge < -0.3 is 4.74 Å². The molecule has 0 amide bonds. The Morgan fingerprint density at radius 2 is 1.61 bits per heavy atom. The second kappa shape index (κ2) is 9.16. The van der Waals surface area contributed by atoms with Gasteiger partial charge in [-0.15, -0.1) is 0 Å². The van der Waals surface area contributed by atoms with E-state index in [1.807, 2.05) is 60.7 Å². The van der Waals surface area contributed by atoms with Gasteiger partial charge in [0.15, 0.2) is 0 Å². The van der Waals surface area contributed by atoms with Crippen molar-refractivity contribution in [2.45, 2.75) is 23.8 Å². The van der Waals surface area contributed by atoms with Crippen molar-refractivity contribution in [1.29, 1.82) is 0 Å². The molecule has 0 aromatic heterocycles. The van der Waals surface area contributed by atoms with Crippen molar-refractivity contribution in [2.75, 3.05) is 13.2 Å². The maximum atomic E-state index is 14.6. The third-order valence-corrected chi connectivity index (χ3v) is 6.46. The summed E-state index contributed by atoms with van der Waals surface area (Å²) in [6.07, 6.45) is 2.44. The molecule has 1 saturated carbocycles. The third-order valence-electron chi connectivity index (χ3n) is 5.47. The Hall–Kier alpha value is -2.76. The molecular formula is C26H23FN2OS. The summed E-state index contributed by atoms with van der Waals surface area (Å²) in [5.41, 5.74) is 3.60. The topological polar surface area (TPSA) is 34.0 Å². The van der Waals surface area contributed by atoms with Crippen molar-refractivity contribution in [2.24, 2.45) is 15.9 Å². The average molecular weight is 431 g/mol. The number of aliphatic imine (C=N–C) groups is 2. The van der Waals surface area contributed by atoms with Gasteiger partial charge in [-0.05, 0) is 37.0 Å². The van der Waals surface area contributed by atoms with E-state index >= 15 is 0 Å². The fourth-order valence-corrected chi connectivity index (χ4v) is 4.62. The Kier molecular flexibility index (Phi) is 5.96. The zero-order valence-corrected chi connectivity index (χ0v) is 17.9. The SMILES string of the molecule is Fc1ccc(N=C(c2ccccc2)c2ccccc2)cc1SC1=NC(C2CC2)COC1. The number of ether oxygens (including phenoxy) is 1. The van der Waals surface area contributed by atoms with E-state index in [4.69, 9.17) is 14.7 Å². The van der Waals surface area contributed by atoms with E-state index in [1.165, 1.54) is 30.7 Å². The third kappa shape index (κ3) is 4.94. The lowest BCUT2D eigenvalue weighted by Crippen LogP contribution is -2.25. The fourth-order valence-electron chi connectivity index (χ4n) is 3.69. The molecule has 0 radical (unpaired) electrons. The first-order chi connectivity index (χ1) is 15.3. The second-order valence-corrected chi connectivity index (χ2v) is 8.97. The van der Waals surface area contributed by atoms with Crippen LogP contribution in [-0.4, -0.2) is 30.0 Å². The molecule has 3 aromatic rings. The van der Waals surface area contributed by atoms with Crippen LogP contribution in [0.25, 0.3) is 0 Å². The number of hydrogen-bond acceptors (Lipinski definition) is 4. The van der Waals surface area contributed by atoms with Crippen molar-refractivity contribution < 1.29 is 9.13 Å². The normalized spacial score (nSPS) is 18.4. The zero-order valence-electron chi connectivity index (χ0n) is 17.1. The maximum absolute atomic E-state index is 14.6. The first kappa shape index (κ1) is 20.2. The van der Waals surface area contributed by atoms with Gasteiger partial charge in [0, 0.05) is 11.1 Å². The summed E-state index contributed by atoms with van der Waals surface area (Å²) >= 11 is 1.35. The molecule has 0 spiro atoms. The van der Waals surface area contributed by atoms with Crippen LogP contribution in [0, 0.1) is 11.7 Å².